The topological polar surface area (TPSA) is 95.0 Å². The minimum Gasteiger partial charge on any atom is -0.384 e. The third-order valence-electron chi connectivity index (χ3n) is 2.50. The highest BCUT2D eigenvalue weighted by molar-refractivity contribution is 5.94. The Morgan fingerprint density at radius 3 is 3.05 bits per heavy atom. The van der Waals surface area contributed by atoms with Gasteiger partial charge in [0.25, 0.3) is 5.91 Å². The Labute approximate surface area is 115 Å². The molecule has 0 aliphatic carbocycles. The van der Waals surface area contributed by atoms with Gasteiger partial charge in [-0.3, -0.25) is 14.9 Å². The zero-order valence-electron chi connectivity index (χ0n) is 10.9. The summed E-state index contributed by atoms with van der Waals surface area (Å²) in [7, 11) is 1.66. The van der Waals surface area contributed by atoms with Gasteiger partial charge in [0.05, 0.1) is 12.1 Å². The fourth-order valence-electron chi connectivity index (χ4n) is 1.59. The Morgan fingerprint density at radius 1 is 1.50 bits per heavy atom. The zero-order valence-corrected chi connectivity index (χ0v) is 10.9. The predicted molar refractivity (Wildman–Crippen MR) is 70.4 cm³/mol. The Kier molecular flexibility index (Phi) is 4.42. The SMILES string of the molecule is CN(Cc1ncn[nH]1)C(=O)c1cncc(C#CCO)c1. The molecule has 7 heteroatoms. The largest absolute Gasteiger partial charge is 0.384 e. The summed E-state index contributed by atoms with van der Waals surface area (Å²) in [6.45, 7) is 0.0922. The Hall–Kier alpha value is -2.72. The molecule has 2 heterocycles. The molecule has 2 aromatic rings. The molecule has 0 fully saturated rings. The first-order chi connectivity index (χ1) is 9.70. The van der Waals surface area contributed by atoms with E-state index in [2.05, 4.69) is 32.0 Å². The van der Waals surface area contributed by atoms with Gasteiger partial charge in [-0.25, -0.2) is 4.98 Å². The van der Waals surface area contributed by atoms with E-state index < -0.39 is 0 Å². The number of aromatic nitrogens is 4. The minimum atomic E-state index is -0.233. The molecule has 2 N–H and O–H groups in total. The number of aromatic amines is 1. The Morgan fingerprint density at radius 2 is 2.35 bits per heavy atom. The molecule has 0 atom stereocenters. The van der Waals surface area contributed by atoms with Crippen LogP contribution in [0, 0.1) is 11.8 Å². The number of amides is 1. The van der Waals surface area contributed by atoms with E-state index in [1.165, 1.54) is 23.6 Å². The van der Waals surface area contributed by atoms with Crippen LogP contribution in [0.15, 0.2) is 24.8 Å². The summed E-state index contributed by atoms with van der Waals surface area (Å²) in [4.78, 5) is 21.7. The molecule has 0 bridgehead atoms. The lowest BCUT2D eigenvalue weighted by Gasteiger charge is -2.15. The third kappa shape index (κ3) is 3.40. The second kappa shape index (κ2) is 6.45. The van der Waals surface area contributed by atoms with Crippen LogP contribution in [-0.4, -0.2) is 49.7 Å². The summed E-state index contributed by atoms with van der Waals surface area (Å²) in [6, 6.07) is 1.63. The second-order valence-electron chi connectivity index (χ2n) is 4.02. The first kappa shape index (κ1) is 13.7. The lowest BCUT2D eigenvalue weighted by Crippen LogP contribution is -2.26. The van der Waals surface area contributed by atoms with Gasteiger partial charge in [-0.1, -0.05) is 11.8 Å². The molecule has 0 saturated carbocycles. The van der Waals surface area contributed by atoms with Gasteiger partial charge in [0.1, 0.15) is 18.8 Å². The molecular formula is C13H13N5O2. The molecule has 0 radical (unpaired) electrons. The number of carbonyl (C=O) groups excluding carboxylic acids is 1. The van der Waals surface area contributed by atoms with Crippen molar-refractivity contribution in [2.45, 2.75) is 6.54 Å². The summed E-state index contributed by atoms with van der Waals surface area (Å²) >= 11 is 0. The van der Waals surface area contributed by atoms with Crippen LogP contribution in [0.5, 0.6) is 0 Å². The molecule has 2 aromatic heterocycles. The van der Waals surface area contributed by atoms with E-state index in [4.69, 9.17) is 5.11 Å². The highest BCUT2D eigenvalue weighted by atomic mass is 16.2. The highest BCUT2D eigenvalue weighted by Gasteiger charge is 2.13. The molecule has 0 aliphatic heterocycles. The summed E-state index contributed by atoms with van der Waals surface area (Å²) in [5.41, 5.74) is 1.01. The molecule has 102 valence electrons. The molecular weight excluding hydrogens is 258 g/mol. The number of nitrogens with one attached hydrogen (secondary N) is 1. The zero-order chi connectivity index (χ0) is 14.4. The van der Waals surface area contributed by atoms with Crippen molar-refractivity contribution < 1.29 is 9.90 Å². The van der Waals surface area contributed by atoms with E-state index in [0.29, 0.717) is 23.5 Å². The van der Waals surface area contributed by atoms with Gasteiger partial charge in [0, 0.05) is 25.0 Å². The number of nitrogens with zero attached hydrogens (tertiary/aromatic N) is 4. The molecule has 0 spiro atoms. The summed E-state index contributed by atoms with van der Waals surface area (Å²) in [5.74, 6) is 5.63. The van der Waals surface area contributed by atoms with Crippen LogP contribution < -0.4 is 0 Å². The van der Waals surface area contributed by atoms with Crippen LogP contribution in [-0.2, 0) is 6.54 Å². The predicted octanol–water partition coefficient (Wildman–Crippen LogP) is -0.184. The Bertz CT molecular complexity index is 642. The summed E-state index contributed by atoms with van der Waals surface area (Å²) < 4.78 is 0. The maximum atomic E-state index is 12.2. The average molecular weight is 271 g/mol. The molecule has 7 nitrogen and oxygen atoms in total. The fraction of sp³-hybridized carbons (Fsp3) is 0.231. The quantitative estimate of drug-likeness (QED) is 0.755. The summed E-state index contributed by atoms with van der Waals surface area (Å²) in [5, 5.41) is 15.1. The molecule has 1 amide bonds. The van der Waals surface area contributed by atoms with Crippen LogP contribution in [0.4, 0.5) is 0 Å². The lowest BCUT2D eigenvalue weighted by molar-refractivity contribution is 0.0781. The number of aliphatic hydroxyl groups is 1. The van der Waals surface area contributed by atoms with Crippen LogP contribution in [0.3, 0.4) is 0 Å². The van der Waals surface area contributed by atoms with Gasteiger partial charge >= 0.3 is 0 Å². The highest BCUT2D eigenvalue weighted by Crippen LogP contribution is 2.06. The van der Waals surface area contributed by atoms with Crippen molar-refractivity contribution in [1.82, 2.24) is 25.1 Å². The van der Waals surface area contributed by atoms with E-state index in [9.17, 15) is 4.79 Å². The van der Waals surface area contributed by atoms with Crippen molar-refractivity contribution in [2.75, 3.05) is 13.7 Å². The van der Waals surface area contributed by atoms with Crippen LogP contribution in [0.1, 0.15) is 21.7 Å². The monoisotopic (exact) mass is 271 g/mol. The van der Waals surface area contributed by atoms with Crippen molar-refractivity contribution in [3.63, 3.8) is 0 Å². The smallest absolute Gasteiger partial charge is 0.255 e. The lowest BCUT2D eigenvalue weighted by atomic mass is 10.2. The fourth-order valence-corrected chi connectivity index (χ4v) is 1.59. The van der Waals surface area contributed by atoms with Crippen LogP contribution in [0.25, 0.3) is 0 Å². The van der Waals surface area contributed by atoms with Crippen LogP contribution in [0.2, 0.25) is 0 Å². The number of carbonyl (C=O) groups is 1. The van der Waals surface area contributed by atoms with E-state index in [-0.39, 0.29) is 12.5 Å². The van der Waals surface area contributed by atoms with Gasteiger partial charge in [-0.2, -0.15) is 5.10 Å². The van der Waals surface area contributed by atoms with Crippen LogP contribution >= 0.6 is 0 Å². The minimum absolute atomic E-state index is 0.193. The van der Waals surface area contributed by atoms with Gasteiger partial charge in [-0.05, 0) is 6.07 Å². The molecule has 0 aliphatic rings. The molecule has 0 unspecified atom stereocenters. The van der Waals surface area contributed by atoms with E-state index in [0.717, 1.165) is 0 Å². The van der Waals surface area contributed by atoms with Gasteiger partial charge < -0.3 is 10.0 Å². The normalized spacial score (nSPS) is 9.70. The maximum absolute atomic E-state index is 12.2. The number of pyridine rings is 1. The number of hydrogen-bond acceptors (Lipinski definition) is 5. The van der Waals surface area contributed by atoms with Gasteiger partial charge in [0.15, 0.2) is 0 Å². The Balaban J connectivity index is 2.12. The number of H-pyrrole nitrogens is 1. The van der Waals surface area contributed by atoms with E-state index in [1.54, 1.807) is 13.1 Å². The first-order valence-corrected chi connectivity index (χ1v) is 5.85. The van der Waals surface area contributed by atoms with Crippen molar-refractivity contribution in [1.29, 1.82) is 0 Å². The van der Waals surface area contributed by atoms with Crippen molar-refractivity contribution in [2.24, 2.45) is 0 Å². The van der Waals surface area contributed by atoms with Gasteiger partial charge in [-0.15, -0.1) is 0 Å². The third-order valence-corrected chi connectivity index (χ3v) is 2.50. The molecule has 0 aromatic carbocycles. The molecule has 2 rings (SSSR count). The number of rotatable bonds is 3. The maximum Gasteiger partial charge on any atom is 0.255 e. The van der Waals surface area contributed by atoms with Gasteiger partial charge in [0.2, 0.25) is 0 Å². The van der Waals surface area contributed by atoms with Crippen molar-refractivity contribution in [3.8, 4) is 11.8 Å². The molecule has 0 saturated heterocycles. The first-order valence-electron chi connectivity index (χ1n) is 5.85. The molecule has 20 heavy (non-hydrogen) atoms. The number of hydrogen-bond donors (Lipinski definition) is 2. The van der Waals surface area contributed by atoms with E-state index in [1.807, 2.05) is 0 Å². The second-order valence-corrected chi connectivity index (χ2v) is 4.02. The van der Waals surface area contributed by atoms with Crippen molar-refractivity contribution in [3.05, 3.63) is 41.7 Å². The standard InChI is InChI=1S/C13H13N5O2/c1-18(8-12-15-9-16-17-12)13(20)11-5-10(3-2-4-19)6-14-7-11/h5-7,9,19H,4,8H2,1H3,(H,15,16,17). The van der Waals surface area contributed by atoms with E-state index >= 15 is 0 Å². The summed E-state index contributed by atoms with van der Waals surface area (Å²) in [6.07, 6.45) is 4.40. The van der Waals surface area contributed by atoms with Crippen molar-refractivity contribution >= 4 is 5.91 Å². The average Bonchev–Trinajstić information content (AvgIpc) is 2.97. The number of aliphatic hydroxyl groups excluding tert-OH is 1.